The van der Waals surface area contributed by atoms with Crippen molar-refractivity contribution in [1.82, 2.24) is 10.6 Å². The van der Waals surface area contributed by atoms with Gasteiger partial charge in [0.25, 0.3) is 0 Å². The van der Waals surface area contributed by atoms with Crippen LogP contribution in [0.1, 0.15) is 25.3 Å². The quantitative estimate of drug-likeness (QED) is 0.625. The second-order valence-electron chi connectivity index (χ2n) is 5.21. The Morgan fingerprint density at radius 3 is 2.46 bits per heavy atom. The number of rotatable bonds is 8. The van der Waals surface area contributed by atoms with Gasteiger partial charge >= 0.3 is 0 Å². The number of benzene rings is 1. The third kappa shape index (κ3) is 6.04. The van der Waals surface area contributed by atoms with Gasteiger partial charge in [-0.1, -0.05) is 18.2 Å². The highest BCUT2D eigenvalue weighted by Crippen LogP contribution is 2.10. The van der Waals surface area contributed by atoms with Crippen LogP contribution in [0.3, 0.4) is 0 Å². The van der Waals surface area contributed by atoms with Crippen molar-refractivity contribution in [3.63, 3.8) is 0 Å². The minimum absolute atomic E-state index is 0.0337. The van der Waals surface area contributed by atoms with Crippen LogP contribution in [-0.4, -0.2) is 29.8 Å². The lowest BCUT2D eigenvalue weighted by Crippen LogP contribution is -2.53. The van der Waals surface area contributed by atoms with Crippen molar-refractivity contribution < 1.29 is 18.8 Å². The number of nitrogens with zero attached hydrogens (tertiary/aromatic N) is 1. The molecule has 0 heterocycles. The fraction of sp³-hybridized carbons (Fsp3) is 0.375. The van der Waals surface area contributed by atoms with Crippen molar-refractivity contribution in [2.75, 3.05) is 0 Å². The van der Waals surface area contributed by atoms with Crippen LogP contribution in [0.2, 0.25) is 0 Å². The van der Waals surface area contributed by atoms with Gasteiger partial charge in [0, 0.05) is 19.8 Å². The Labute approximate surface area is 139 Å². The molecule has 1 aromatic carbocycles. The minimum Gasteiger partial charge on any atom is -0.368 e. The monoisotopic (exact) mass is 334 g/mol. The molecule has 0 aliphatic rings. The molecule has 0 fully saturated rings. The number of hydrogen-bond acceptors (Lipinski definition) is 4. The Bertz CT molecular complexity index is 657. The molecule has 0 bridgehead atoms. The molecular weight excluding hydrogens is 315 g/mol. The van der Waals surface area contributed by atoms with Gasteiger partial charge in [-0.3, -0.25) is 14.4 Å². The van der Waals surface area contributed by atoms with E-state index in [1.54, 1.807) is 6.07 Å². The van der Waals surface area contributed by atoms with Crippen LogP contribution in [0, 0.1) is 17.1 Å². The number of hydrogen-bond donors (Lipinski definition) is 3. The van der Waals surface area contributed by atoms with E-state index in [0.29, 0.717) is 0 Å². The summed E-state index contributed by atoms with van der Waals surface area (Å²) in [6.07, 6.45) is 0.0118. The predicted molar refractivity (Wildman–Crippen MR) is 83.7 cm³/mol. The molecule has 4 N–H and O–H groups in total. The van der Waals surface area contributed by atoms with Crippen LogP contribution in [0.4, 0.5) is 4.39 Å². The Balaban J connectivity index is 2.88. The first-order chi connectivity index (χ1) is 11.3. The van der Waals surface area contributed by atoms with Crippen molar-refractivity contribution in [3.8, 4) is 6.07 Å². The summed E-state index contributed by atoms with van der Waals surface area (Å²) in [5.41, 5.74) is 5.44. The molecule has 0 saturated carbocycles. The van der Waals surface area contributed by atoms with Gasteiger partial charge in [-0.2, -0.15) is 5.26 Å². The summed E-state index contributed by atoms with van der Waals surface area (Å²) in [7, 11) is 0. The highest BCUT2D eigenvalue weighted by Gasteiger charge is 2.25. The highest BCUT2D eigenvalue weighted by molar-refractivity contribution is 5.91. The number of nitriles is 1. The highest BCUT2D eigenvalue weighted by atomic mass is 19.1. The second-order valence-corrected chi connectivity index (χ2v) is 5.21. The number of carbonyl (C=O) groups is 3. The van der Waals surface area contributed by atoms with Gasteiger partial charge in [0.1, 0.15) is 17.9 Å². The molecule has 7 nitrogen and oxygen atoms in total. The van der Waals surface area contributed by atoms with Crippen molar-refractivity contribution in [2.45, 2.75) is 38.3 Å². The van der Waals surface area contributed by atoms with Gasteiger partial charge in [0.05, 0.1) is 6.07 Å². The fourth-order valence-electron chi connectivity index (χ4n) is 2.11. The molecule has 0 spiro atoms. The Hall–Kier alpha value is -2.95. The molecule has 0 saturated heterocycles. The van der Waals surface area contributed by atoms with Gasteiger partial charge < -0.3 is 16.4 Å². The molecule has 24 heavy (non-hydrogen) atoms. The maximum Gasteiger partial charge on any atom is 0.243 e. The van der Waals surface area contributed by atoms with Crippen molar-refractivity contribution in [1.29, 1.82) is 5.26 Å². The second kappa shape index (κ2) is 9.25. The van der Waals surface area contributed by atoms with Crippen LogP contribution in [-0.2, 0) is 20.8 Å². The predicted octanol–water partition coefficient (Wildman–Crippen LogP) is 0.147. The van der Waals surface area contributed by atoms with E-state index in [1.807, 2.05) is 6.07 Å². The molecule has 2 atom stereocenters. The van der Waals surface area contributed by atoms with Gasteiger partial charge in [0.15, 0.2) is 0 Å². The minimum atomic E-state index is -1.07. The zero-order valence-electron chi connectivity index (χ0n) is 13.2. The van der Waals surface area contributed by atoms with E-state index in [1.165, 1.54) is 25.1 Å². The lowest BCUT2D eigenvalue weighted by Gasteiger charge is -2.21. The zero-order valence-corrected chi connectivity index (χ0v) is 13.2. The molecule has 128 valence electrons. The smallest absolute Gasteiger partial charge is 0.243 e. The van der Waals surface area contributed by atoms with Crippen LogP contribution in [0.25, 0.3) is 0 Å². The van der Waals surface area contributed by atoms with E-state index < -0.39 is 35.6 Å². The van der Waals surface area contributed by atoms with Gasteiger partial charge in [-0.15, -0.1) is 0 Å². The average molecular weight is 334 g/mol. The van der Waals surface area contributed by atoms with E-state index in [0.717, 1.165) is 0 Å². The molecule has 8 heteroatoms. The third-order valence-electron chi connectivity index (χ3n) is 3.28. The van der Waals surface area contributed by atoms with E-state index in [2.05, 4.69) is 10.6 Å². The van der Waals surface area contributed by atoms with Crippen LogP contribution < -0.4 is 16.4 Å². The van der Waals surface area contributed by atoms with E-state index in [9.17, 15) is 18.8 Å². The summed E-state index contributed by atoms with van der Waals surface area (Å²) in [4.78, 5) is 35.0. The van der Waals surface area contributed by atoms with Crippen molar-refractivity contribution in [2.24, 2.45) is 5.73 Å². The number of amides is 3. The molecule has 1 rings (SSSR count). The SMILES string of the molecule is CC(=O)N[C@@H](Cc1ccccc1F)C(=O)N[C@@H](CCC#N)C(N)=O. The van der Waals surface area contributed by atoms with Gasteiger partial charge in [-0.05, 0) is 18.1 Å². The Morgan fingerprint density at radius 1 is 1.25 bits per heavy atom. The topological polar surface area (TPSA) is 125 Å². The summed E-state index contributed by atoms with van der Waals surface area (Å²) in [5.74, 6) is -2.43. The van der Waals surface area contributed by atoms with Crippen LogP contribution in [0.5, 0.6) is 0 Å². The largest absolute Gasteiger partial charge is 0.368 e. The Morgan fingerprint density at radius 2 is 1.92 bits per heavy atom. The van der Waals surface area contributed by atoms with E-state index >= 15 is 0 Å². The molecule has 1 aromatic rings. The average Bonchev–Trinajstić information content (AvgIpc) is 2.51. The summed E-state index contributed by atoms with van der Waals surface area (Å²) in [6.45, 7) is 1.23. The number of halogens is 1. The fourth-order valence-corrected chi connectivity index (χ4v) is 2.11. The lowest BCUT2D eigenvalue weighted by molar-refractivity contribution is -0.130. The Kier molecular flexibility index (Phi) is 7.36. The van der Waals surface area contributed by atoms with E-state index in [-0.39, 0.29) is 24.8 Å². The van der Waals surface area contributed by atoms with Crippen LogP contribution >= 0.6 is 0 Å². The summed E-state index contributed by atoms with van der Waals surface area (Å²) >= 11 is 0. The maximum absolute atomic E-state index is 13.8. The molecule has 0 unspecified atom stereocenters. The number of carbonyl (C=O) groups excluding carboxylic acids is 3. The van der Waals surface area contributed by atoms with Crippen LogP contribution in [0.15, 0.2) is 24.3 Å². The van der Waals surface area contributed by atoms with Gasteiger partial charge in [0.2, 0.25) is 17.7 Å². The first-order valence-corrected chi connectivity index (χ1v) is 7.32. The molecular formula is C16H19FN4O3. The first-order valence-electron chi connectivity index (χ1n) is 7.32. The maximum atomic E-state index is 13.8. The molecule has 0 radical (unpaired) electrons. The van der Waals surface area contributed by atoms with Crippen molar-refractivity contribution >= 4 is 17.7 Å². The summed E-state index contributed by atoms with van der Waals surface area (Å²) in [6, 6.07) is 5.63. The number of nitrogens with one attached hydrogen (secondary N) is 2. The summed E-state index contributed by atoms with van der Waals surface area (Å²) < 4.78 is 13.8. The third-order valence-corrected chi connectivity index (χ3v) is 3.28. The number of primary amides is 1. The normalized spacial score (nSPS) is 12.5. The lowest BCUT2D eigenvalue weighted by atomic mass is 10.0. The standard InChI is InChI=1S/C16H19FN4O3/c1-10(22)20-14(9-11-5-2-3-6-12(11)17)16(24)21-13(15(19)23)7-4-8-18/h2-3,5-6,13-14H,4,7,9H2,1H3,(H2,19,23)(H,20,22)(H,21,24)/t13-,14-/m0/s1. The zero-order chi connectivity index (χ0) is 18.1. The first kappa shape index (κ1) is 19.1. The summed E-state index contributed by atoms with van der Waals surface area (Å²) in [5, 5.41) is 13.4. The molecule has 3 amide bonds. The van der Waals surface area contributed by atoms with Crippen molar-refractivity contribution in [3.05, 3.63) is 35.6 Å². The molecule has 0 aliphatic heterocycles. The number of nitrogens with two attached hydrogens (primary N) is 1. The van der Waals surface area contributed by atoms with E-state index in [4.69, 9.17) is 11.0 Å². The molecule has 0 aliphatic carbocycles. The van der Waals surface area contributed by atoms with Gasteiger partial charge in [-0.25, -0.2) is 4.39 Å². The molecule has 0 aromatic heterocycles.